The van der Waals surface area contributed by atoms with Crippen molar-refractivity contribution in [2.45, 2.75) is 39.2 Å². The van der Waals surface area contributed by atoms with E-state index in [2.05, 4.69) is 20.2 Å². The van der Waals surface area contributed by atoms with E-state index in [4.69, 9.17) is 17.0 Å². The molecule has 0 radical (unpaired) electrons. The second-order valence-electron chi connectivity index (χ2n) is 8.67. The highest BCUT2D eigenvalue weighted by molar-refractivity contribution is 6.29. The van der Waals surface area contributed by atoms with Gasteiger partial charge >= 0.3 is 0 Å². The van der Waals surface area contributed by atoms with Crippen molar-refractivity contribution in [3.05, 3.63) is 23.2 Å². The molecule has 1 aromatic heterocycles. The Labute approximate surface area is 176 Å². The zero-order valence-electron chi connectivity index (χ0n) is 17.2. The van der Waals surface area contributed by atoms with Crippen LogP contribution in [0.25, 0.3) is 5.57 Å². The number of amides is 1. The van der Waals surface area contributed by atoms with Gasteiger partial charge in [-0.25, -0.2) is 9.97 Å². The second-order valence-corrected chi connectivity index (χ2v) is 9.06. The zero-order chi connectivity index (χ0) is 21.2. The fourth-order valence-electron chi connectivity index (χ4n) is 3.82. The van der Waals surface area contributed by atoms with Crippen LogP contribution in [0, 0.1) is 10.8 Å². The molecule has 29 heavy (non-hydrogen) atoms. The summed E-state index contributed by atoms with van der Waals surface area (Å²) in [6.45, 7) is 8.75. The van der Waals surface area contributed by atoms with E-state index < -0.39 is 5.60 Å². The third kappa shape index (κ3) is 5.25. The minimum absolute atomic E-state index is 0.146. The highest BCUT2D eigenvalue weighted by Crippen LogP contribution is 2.42. The molecule has 1 amide bonds. The highest BCUT2D eigenvalue weighted by Gasteiger charge is 2.45. The number of nitrogens with one attached hydrogen (secondary N) is 2. The molecule has 0 atom stereocenters. The van der Waals surface area contributed by atoms with Gasteiger partial charge < -0.3 is 25.6 Å². The van der Waals surface area contributed by atoms with Crippen molar-refractivity contribution in [3.63, 3.8) is 0 Å². The minimum Gasteiger partial charge on any atom is -0.389 e. The first-order chi connectivity index (χ1) is 13.6. The summed E-state index contributed by atoms with van der Waals surface area (Å²) < 4.78 is 0. The number of carbonyl (C=O) groups excluding carboxylic acids is 1. The number of hydrogen-bond donors (Lipinski definition) is 3. The molecule has 1 spiro atoms. The fourth-order valence-corrected chi connectivity index (χ4v) is 3.99. The van der Waals surface area contributed by atoms with Crippen molar-refractivity contribution in [2.24, 2.45) is 5.41 Å². The molecule has 2 saturated heterocycles. The van der Waals surface area contributed by atoms with Gasteiger partial charge in [0.25, 0.3) is 0 Å². The smallest absolute Gasteiger partial charge is 0.219 e. The zero-order valence-corrected chi connectivity index (χ0v) is 18.0. The molecule has 0 saturated carbocycles. The predicted molar refractivity (Wildman–Crippen MR) is 114 cm³/mol. The molecule has 158 valence electrons. The van der Waals surface area contributed by atoms with Crippen LogP contribution in [0.3, 0.4) is 0 Å². The van der Waals surface area contributed by atoms with Crippen LogP contribution in [0.4, 0.5) is 5.82 Å². The van der Waals surface area contributed by atoms with E-state index in [1.54, 1.807) is 33.0 Å². The van der Waals surface area contributed by atoms with E-state index in [1.165, 1.54) is 6.21 Å². The summed E-state index contributed by atoms with van der Waals surface area (Å²) in [6.07, 6.45) is 4.79. The van der Waals surface area contributed by atoms with Gasteiger partial charge in [-0.2, -0.15) is 0 Å². The Morgan fingerprint density at radius 2 is 2.03 bits per heavy atom. The van der Waals surface area contributed by atoms with Gasteiger partial charge in [-0.1, -0.05) is 11.6 Å². The summed E-state index contributed by atoms with van der Waals surface area (Å²) in [5.41, 5.74) is -0.144. The number of rotatable bonds is 6. The first kappa shape index (κ1) is 21.5. The van der Waals surface area contributed by atoms with E-state index in [0.29, 0.717) is 23.1 Å². The number of hydrogen-bond acceptors (Lipinski definition) is 7. The van der Waals surface area contributed by atoms with Gasteiger partial charge in [-0.05, 0) is 26.7 Å². The number of halogens is 1. The van der Waals surface area contributed by atoms with Crippen LogP contribution in [-0.2, 0) is 4.79 Å². The molecule has 1 aromatic rings. The largest absolute Gasteiger partial charge is 0.389 e. The Kier molecular flexibility index (Phi) is 6.14. The topological polar surface area (TPSA) is 105 Å². The molecule has 0 aliphatic carbocycles. The molecule has 9 heteroatoms. The molecule has 0 unspecified atom stereocenters. The van der Waals surface area contributed by atoms with Crippen LogP contribution < -0.4 is 10.2 Å². The highest BCUT2D eigenvalue weighted by atomic mass is 35.5. The molecule has 2 fully saturated rings. The van der Waals surface area contributed by atoms with Crippen molar-refractivity contribution in [2.75, 3.05) is 37.6 Å². The van der Waals surface area contributed by atoms with Gasteiger partial charge in [-0.3, -0.25) is 4.79 Å². The standard InChI is InChI=1S/C20H29ClN6O2/c1-14(28)26-6-4-20(5-7-26)12-27(13-20)17-8-16(21)24-18(25-17)15(9-22)10-23-11-19(2,3)29/h8-10,22-23,29H,4-7,11-13H2,1-3H3/b15-10+,22-9?. The summed E-state index contributed by atoms with van der Waals surface area (Å²) in [5.74, 6) is 1.26. The number of aromatic nitrogens is 2. The molecule has 0 aromatic carbocycles. The van der Waals surface area contributed by atoms with Crippen LogP contribution in [0.5, 0.6) is 0 Å². The van der Waals surface area contributed by atoms with Crippen LogP contribution in [0.1, 0.15) is 39.4 Å². The Bertz CT molecular complexity index is 804. The normalized spacial score (nSPS) is 19.1. The first-order valence-electron chi connectivity index (χ1n) is 9.83. The summed E-state index contributed by atoms with van der Waals surface area (Å²) in [7, 11) is 0. The Morgan fingerprint density at radius 3 is 2.59 bits per heavy atom. The molecule has 3 heterocycles. The molecule has 2 aliphatic rings. The monoisotopic (exact) mass is 420 g/mol. The van der Waals surface area contributed by atoms with Crippen molar-refractivity contribution < 1.29 is 9.90 Å². The van der Waals surface area contributed by atoms with Crippen molar-refractivity contribution in [3.8, 4) is 0 Å². The van der Waals surface area contributed by atoms with Crippen LogP contribution in [0.2, 0.25) is 5.15 Å². The van der Waals surface area contributed by atoms with E-state index in [1.807, 2.05) is 4.90 Å². The number of piperidine rings is 1. The number of nitrogens with zero attached hydrogens (tertiary/aromatic N) is 4. The van der Waals surface area contributed by atoms with E-state index >= 15 is 0 Å². The molecule has 0 bridgehead atoms. The lowest BCUT2D eigenvalue weighted by molar-refractivity contribution is -0.131. The number of likely N-dealkylation sites (tertiary alicyclic amines) is 1. The quantitative estimate of drug-likeness (QED) is 0.479. The van der Waals surface area contributed by atoms with Gasteiger partial charge in [0.15, 0.2) is 5.82 Å². The van der Waals surface area contributed by atoms with Gasteiger partial charge in [0.1, 0.15) is 11.0 Å². The Morgan fingerprint density at radius 1 is 1.38 bits per heavy atom. The number of aliphatic hydroxyl groups is 1. The maximum Gasteiger partial charge on any atom is 0.219 e. The maximum absolute atomic E-state index is 11.5. The minimum atomic E-state index is -0.867. The lowest BCUT2D eigenvalue weighted by Gasteiger charge is -2.54. The van der Waals surface area contributed by atoms with E-state index in [-0.39, 0.29) is 11.3 Å². The lowest BCUT2D eigenvalue weighted by atomic mass is 9.72. The van der Waals surface area contributed by atoms with E-state index in [9.17, 15) is 9.90 Å². The van der Waals surface area contributed by atoms with Crippen LogP contribution >= 0.6 is 11.6 Å². The van der Waals surface area contributed by atoms with E-state index in [0.717, 1.165) is 44.8 Å². The molecule has 2 aliphatic heterocycles. The Balaban J connectivity index is 1.68. The first-order valence-corrected chi connectivity index (χ1v) is 10.2. The van der Waals surface area contributed by atoms with Gasteiger partial charge in [0, 0.05) is 63.5 Å². The average Bonchev–Trinajstić information content (AvgIpc) is 2.62. The van der Waals surface area contributed by atoms with Crippen molar-refractivity contribution >= 4 is 35.1 Å². The fraction of sp³-hybridized carbons (Fsp3) is 0.600. The molecule has 3 N–H and O–H groups in total. The third-order valence-corrected chi connectivity index (χ3v) is 5.73. The van der Waals surface area contributed by atoms with Gasteiger partial charge in [0.2, 0.25) is 5.91 Å². The van der Waals surface area contributed by atoms with Crippen molar-refractivity contribution in [1.29, 1.82) is 5.41 Å². The predicted octanol–water partition coefficient (Wildman–Crippen LogP) is 1.93. The number of allylic oxidation sites excluding steroid dienone is 1. The van der Waals surface area contributed by atoms with Crippen LogP contribution in [-0.4, -0.2) is 70.4 Å². The molecule has 8 nitrogen and oxygen atoms in total. The lowest BCUT2D eigenvalue weighted by Crippen LogP contribution is -2.61. The Hall–Kier alpha value is -2.19. The summed E-state index contributed by atoms with van der Waals surface area (Å²) in [6, 6.07) is 1.74. The molecular weight excluding hydrogens is 392 g/mol. The van der Waals surface area contributed by atoms with Crippen molar-refractivity contribution in [1.82, 2.24) is 20.2 Å². The molecular formula is C20H29ClN6O2. The summed E-state index contributed by atoms with van der Waals surface area (Å²) in [5, 5.41) is 20.8. The number of carbonyl (C=O) groups is 1. The maximum atomic E-state index is 11.5. The summed E-state index contributed by atoms with van der Waals surface area (Å²) >= 11 is 6.23. The van der Waals surface area contributed by atoms with Gasteiger partial charge in [0.05, 0.1) is 11.2 Å². The van der Waals surface area contributed by atoms with Gasteiger partial charge in [-0.15, -0.1) is 0 Å². The average molecular weight is 421 g/mol. The third-order valence-electron chi connectivity index (χ3n) is 5.53. The second kappa shape index (κ2) is 8.28. The van der Waals surface area contributed by atoms with Crippen LogP contribution in [0.15, 0.2) is 12.3 Å². The summed E-state index contributed by atoms with van der Waals surface area (Å²) in [4.78, 5) is 24.5. The SMILES string of the molecule is CC(=O)N1CCC2(CC1)CN(c1cc(Cl)nc(/C(C=N)=C/NCC(C)(C)O)n1)C2. The molecule has 3 rings (SSSR count). The number of anilines is 1.